The van der Waals surface area contributed by atoms with Crippen LogP contribution in [0.15, 0.2) is 16.6 Å². The van der Waals surface area contributed by atoms with Crippen LogP contribution in [0.2, 0.25) is 0 Å². The van der Waals surface area contributed by atoms with Gasteiger partial charge in [-0.15, -0.1) is 0 Å². The van der Waals surface area contributed by atoms with Crippen molar-refractivity contribution in [3.8, 4) is 0 Å². The monoisotopic (exact) mass is 301 g/mol. The van der Waals surface area contributed by atoms with Crippen LogP contribution in [0.1, 0.15) is 6.42 Å². The fourth-order valence-corrected chi connectivity index (χ4v) is 2.17. The van der Waals surface area contributed by atoms with Gasteiger partial charge < -0.3 is 16.0 Å². The van der Waals surface area contributed by atoms with E-state index in [-0.39, 0.29) is 12.5 Å². The van der Waals surface area contributed by atoms with Crippen LogP contribution in [0.3, 0.4) is 0 Å². The van der Waals surface area contributed by atoms with Crippen molar-refractivity contribution >= 4 is 33.2 Å². The standard InChI is InChI=1S/C11H13BrFN3O/c12-7-4-10(9(14)5-8(7)13)16-3-1-2-15-11(17)6-16/h4-5H,1-3,6,14H2,(H,15,17). The van der Waals surface area contributed by atoms with Crippen molar-refractivity contribution in [2.75, 3.05) is 30.3 Å². The molecule has 0 atom stereocenters. The highest BCUT2D eigenvalue weighted by Gasteiger charge is 2.18. The second-order valence-electron chi connectivity index (χ2n) is 3.95. The summed E-state index contributed by atoms with van der Waals surface area (Å²) in [7, 11) is 0. The Balaban J connectivity index is 2.32. The number of carbonyl (C=O) groups is 1. The highest BCUT2D eigenvalue weighted by atomic mass is 79.9. The molecule has 1 aromatic carbocycles. The molecular formula is C11H13BrFN3O. The minimum Gasteiger partial charge on any atom is -0.397 e. The molecule has 1 fully saturated rings. The maximum absolute atomic E-state index is 13.3. The van der Waals surface area contributed by atoms with Gasteiger partial charge in [0.15, 0.2) is 0 Å². The molecule has 1 aliphatic rings. The van der Waals surface area contributed by atoms with E-state index in [2.05, 4.69) is 21.2 Å². The number of nitrogens with one attached hydrogen (secondary N) is 1. The lowest BCUT2D eigenvalue weighted by Crippen LogP contribution is -2.33. The fourth-order valence-electron chi connectivity index (χ4n) is 1.84. The smallest absolute Gasteiger partial charge is 0.239 e. The molecule has 0 bridgehead atoms. The largest absolute Gasteiger partial charge is 0.397 e. The zero-order valence-corrected chi connectivity index (χ0v) is 10.8. The molecule has 1 aromatic rings. The Bertz CT molecular complexity index is 453. The van der Waals surface area contributed by atoms with Crippen LogP contribution in [0, 0.1) is 5.82 Å². The Labute approximate surface area is 107 Å². The third-order valence-electron chi connectivity index (χ3n) is 2.67. The summed E-state index contributed by atoms with van der Waals surface area (Å²) in [6.07, 6.45) is 0.847. The number of benzene rings is 1. The van der Waals surface area contributed by atoms with Crippen LogP contribution < -0.4 is 16.0 Å². The van der Waals surface area contributed by atoms with Crippen molar-refractivity contribution in [1.82, 2.24) is 5.32 Å². The molecule has 92 valence electrons. The maximum Gasteiger partial charge on any atom is 0.239 e. The van der Waals surface area contributed by atoms with E-state index in [9.17, 15) is 9.18 Å². The van der Waals surface area contributed by atoms with Gasteiger partial charge in [-0.2, -0.15) is 0 Å². The number of carbonyl (C=O) groups excluding carboxylic acids is 1. The Kier molecular flexibility index (Phi) is 3.51. The van der Waals surface area contributed by atoms with E-state index in [1.165, 1.54) is 6.07 Å². The summed E-state index contributed by atoms with van der Waals surface area (Å²) < 4.78 is 13.6. The first-order valence-electron chi connectivity index (χ1n) is 5.34. The van der Waals surface area contributed by atoms with E-state index < -0.39 is 5.82 Å². The van der Waals surface area contributed by atoms with E-state index in [1.54, 1.807) is 6.07 Å². The predicted octanol–water partition coefficient (Wildman–Crippen LogP) is 1.50. The lowest BCUT2D eigenvalue weighted by molar-refractivity contribution is -0.119. The van der Waals surface area contributed by atoms with Gasteiger partial charge in [0.05, 0.1) is 22.4 Å². The lowest BCUT2D eigenvalue weighted by atomic mass is 10.2. The average molecular weight is 302 g/mol. The number of rotatable bonds is 1. The molecule has 6 heteroatoms. The fraction of sp³-hybridized carbons (Fsp3) is 0.364. The highest BCUT2D eigenvalue weighted by Crippen LogP contribution is 2.30. The second kappa shape index (κ2) is 4.91. The minimum atomic E-state index is -0.398. The highest BCUT2D eigenvalue weighted by molar-refractivity contribution is 9.10. The lowest BCUT2D eigenvalue weighted by Gasteiger charge is -2.23. The summed E-state index contributed by atoms with van der Waals surface area (Å²) in [6.45, 7) is 1.64. The van der Waals surface area contributed by atoms with E-state index in [1.807, 2.05) is 4.90 Å². The van der Waals surface area contributed by atoms with Crippen molar-refractivity contribution < 1.29 is 9.18 Å². The summed E-state index contributed by atoms with van der Waals surface area (Å²) >= 11 is 3.12. The van der Waals surface area contributed by atoms with Crippen LogP contribution in [0.4, 0.5) is 15.8 Å². The van der Waals surface area contributed by atoms with Gasteiger partial charge in [-0.25, -0.2) is 4.39 Å². The number of hydrogen-bond acceptors (Lipinski definition) is 3. The molecule has 0 radical (unpaired) electrons. The SMILES string of the molecule is Nc1cc(F)c(Br)cc1N1CCCNC(=O)C1. The number of anilines is 2. The second-order valence-corrected chi connectivity index (χ2v) is 4.80. The van der Waals surface area contributed by atoms with Gasteiger partial charge in [-0.1, -0.05) is 0 Å². The van der Waals surface area contributed by atoms with Crippen molar-refractivity contribution in [1.29, 1.82) is 0 Å². The Hall–Kier alpha value is -1.30. The molecule has 2 rings (SSSR count). The first-order chi connectivity index (χ1) is 8.08. The summed E-state index contributed by atoms with van der Waals surface area (Å²) in [4.78, 5) is 13.3. The molecule has 1 amide bonds. The van der Waals surface area contributed by atoms with Gasteiger partial charge in [-0.3, -0.25) is 4.79 Å². The van der Waals surface area contributed by atoms with Gasteiger partial charge in [0.1, 0.15) is 5.82 Å². The van der Waals surface area contributed by atoms with Crippen molar-refractivity contribution in [3.05, 3.63) is 22.4 Å². The molecule has 0 unspecified atom stereocenters. The van der Waals surface area contributed by atoms with E-state index in [4.69, 9.17) is 5.73 Å². The number of amides is 1. The third kappa shape index (κ3) is 2.69. The topological polar surface area (TPSA) is 58.4 Å². The van der Waals surface area contributed by atoms with Gasteiger partial charge in [0, 0.05) is 19.2 Å². The molecule has 1 aliphatic heterocycles. The number of nitrogen functional groups attached to an aromatic ring is 1. The Morgan fingerprint density at radius 2 is 2.24 bits per heavy atom. The van der Waals surface area contributed by atoms with Crippen LogP contribution in [-0.4, -0.2) is 25.5 Å². The molecule has 3 N–H and O–H groups in total. The quantitative estimate of drug-likeness (QED) is 0.773. The number of nitrogens with zero attached hydrogens (tertiary/aromatic N) is 1. The van der Waals surface area contributed by atoms with Gasteiger partial charge >= 0.3 is 0 Å². The zero-order valence-electron chi connectivity index (χ0n) is 9.17. The van der Waals surface area contributed by atoms with Crippen molar-refractivity contribution in [2.24, 2.45) is 0 Å². The summed E-state index contributed by atoms with van der Waals surface area (Å²) in [6, 6.07) is 2.88. The Morgan fingerprint density at radius 1 is 1.47 bits per heavy atom. The minimum absolute atomic E-state index is 0.0395. The molecule has 4 nitrogen and oxygen atoms in total. The molecule has 17 heavy (non-hydrogen) atoms. The summed E-state index contributed by atoms with van der Waals surface area (Å²) in [5.41, 5.74) is 6.82. The summed E-state index contributed by atoms with van der Waals surface area (Å²) in [5.74, 6) is -0.437. The molecule has 0 spiro atoms. The van der Waals surface area contributed by atoms with Gasteiger partial charge in [0.2, 0.25) is 5.91 Å². The Morgan fingerprint density at radius 3 is 3.00 bits per heavy atom. The predicted molar refractivity (Wildman–Crippen MR) is 68.4 cm³/mol. The molecule has 0 aliphatic carbocycles. The van der Waals surface area contributed by atoms with Crippen LogP contribution in [-0.2, 0) is 4.79 Å². The van der Waals surface area contributed by atoms with Crippen LogP contribution in [0.5, 0.6) is 0 Å². The third-order valence-corrected chi connectivity index (χ3v) is 3.28. The normalized spacial score (nSPS) is 16.6. The molecule has 1 saturated heterocycles. The number of nitrogens with two attached hydrogens (primary N) is 1. The van der Waals surface area contributed by atoms with Crippen LogP contribution in [0.25, 0.3) is 0 Å². The zero-order chi connectivity index (χ0) is 12.4. The first kappa shape index (κ1) is 12.2. The van der Waals surface area contributed by atoms with Crippen molar-refractivity contribution in [2.45, 2.75) is 6.42 Å². The average Bonchev–Trinajstić information content (AvgIpc) is 2.48. The van der Waals surface area contributed by atoms with Gasteiger partial charge in [0.25, 0.3) is 0 Å². The molecule has 1 heterocycles. The maximum atomic E-state index is 13.3. The van der Waals surface area contributed by atoms with E-state index in [0.717, 1.165) is 13.0 Å². The van der Waals surface area contributed by atoms with Crippen LogP contribution >= 0.6 is 15.9 Å². The number of halogens is 2. The summed E-state index contributed by atoms with van der Waals surface area (Å²) in [5, 5.41) is 2.78. The molecule has 0 saturated carbocycles. The number of hydrogen-bond donors (Lipinski definition) is 2. The molecular weight excluding hydrogens is 289 g/mol. The van der Waals surface area contributed by atoms with Crippen molar-refractivity contribution in [3.63, 3.8) is 0 Å². The van der Waals surface area contributed by atoms with E-state index in [0.29, 0.717) is 22.4 Å². The van der Waals surface area contributed by atoms with Gasteiger partial charge in [-0.05, 0) is 28.4 Å². The first-order valence-corrected chi connectivity index (χ1v) is 6.13. The molecule has 0 aromatic heterocycles. The van der Waals surface area contributed by atoms with E-state index >= 15 is 0 Å².